The summed E-state index contributed by atoms with van der Waals surface area (Å²) in [6.07, 6.45) is 0. The molecule has 4 rings (SSSR count). The Labute approximate surface area is 230 Å². The predicted molar refractivity (Wildman–Crippen MR) is 148 cm³/mol. The second kappa shape index (κ2) is 12.4. The van der Waals surface area contributed by atoms with E-state index in [0.717, 1.165) is 16.7 Å². The molecule has 0 aliphatic carbocycles. The summed E-state index contributed by atoms with van der Waals surface area (Å²) in [6, 6.07) is 20.3. The Bertz CT molecular complexity index is 1500. The molecule has 0 aromatic heterocycles. The summed E-state index contributed by atoms with van der Waals surface area (Å²) in [5.74, 6) is -0.469. The van der Waals surface area contributed by atoms with Crippen molar-refractivity contribution in [1.29, 1.82) is 0 Å². The van der Waals surface area contributed by atoms with Crippen molar-refractivity contribution in [3.8, 4) is 0 Å². The summed E-state index contributed by atoms with van der Waals surface area (Å²) in [6.45, 7) is 4.95. The van der Waals surface area contributed by atoms with Gasteiger partial charge < -0.3 is 10.1 Å². The van der Waals surface area contributed by atoms with Gasteiger partial charge in [0.05, 0.1) is 29.5 Å². The van der Waals surface area contributed by atoms with Crippen LogP contribution in [0.25, 0.3) is 0 Å². The minimum Gasteiger partial charge on any atom is -0.379 e. The number of hydrogen-bond donors (Lipinski definition) is 1. The molecular formula is C28H33N3O6S2. The fourth-order valence-corrected chi connectivity index (χ4v) is 7.02. The van der Waals surface area contributed by atoms with Gasteiger partial charge >= 0.3 is 0 Å². The lowest BCUT2D eigenvalue weighted by Gasteiger charge is -2.26. The highest BCUT2D eigenvalue weighted by Gasteiger charge is 2.28. The van der Waals surface area contributed by atoms with E-state index in [1.165, 1.54) is 20.7 Å². The lowest BCUT2D eigenvalue weighted by Crippen LogP contribution is -2.40. The second-order valence-electron chi connectivity index (χ2n) is 9.51. The average molecular weight is 572 g/mol. The SMILES string of the molecule is Cc1ccc(S(=O)(=O)N(CC(=O)NCc2ccc(S(=O)(=O)N3CCOCC3)cc2)Cc2cccc(C)c2)cc1. The van der Waals surface area contributed by atoms with Gasteiger partial charge in [0, 0.05) is 26.2 Å². The number of sulfonamides is 2. The summed E-state index contributed by atoms with van der Waals surface area (Å²) >= 11 is 0. The van der Waals surface area contributed by atoms with Crippen LogP contribution in [0.5, 0.6) is 0 Å². The quantitative estimate of drug-likeness (QED) is 0.401. The zero-order chi connectivity index (χ0) is 28.0. The van der Waals surface area contributed by atoms with Crippen LogP contribution in [0.2, 0.25) is 0 Å². The van der Waals surface area contributed by atoms with Crippen molar-refractivity contribution in [1.82, 2.24) is 13.9 Å². The highest BCUT2D eigenvalue weighted by atomic mass is 32.2. The van der Waals surface area contributed by atoms with Crippen LogP contribution in [-0.4, -0.2) is 64.2 Å². The molecule has 1 heterocycles. The van der Waals surface area contributed by atoms with Gasteiger partial charge in [-0.15, -0.1) is 0 Å². The first-order valence-electron chi connectivity index (χ1n) is 12.6. The average Bonchev–Trinajstić information content (AvgIpc) is 2.92. The minimum atomic E-state index is -3.95. The smallest absolute Gasteiger partial charge is 0.243 e. The van der Waals surface area contributed by atoms with E-state index in [1.54, 1.807) is 36.4 Å². The van der Waals surface area contributed by atoms with Gasteiger partial charge in [-0.3, -0.25) is 4.79 Å². The van der Waals surface area contributed by atoms with Gasteiger partial charge in [0.1, 0.15) is 0 Å². The number of nitrogens with zero attached hydrogens (tertiary/aromatic N) is 2. The van der Waals surface area contributed by atoms with E-state index < -0.39 is 26.0 Å². The van der Waals surface area contributed by atoms with Crippen LogP contribution >= 0.6 is 0 Å². The molecule has 0 radical (unpaired) electrons. The van der Waals surface area contributed by atoms with Gasteiger partial charge in [-0.05, 0) is 49.2 Å². The maximum absolute atomic E-state index is 13.5. The van der Waals surface area contributed by atoms with E-state index in [9.17, 15) is 21.6 Å². The van der Waals surface area contributed by atoms with Gasteiger partial charge in [-0.25, -0.2) is 16.8 Å². The predicted octanol–water partition coefficient (Wildman–Crippen LogP) is 2.83. The molecule has 1 fully saturated rings. The van der Waals surface area contributed by atoms with Crippen molar-refractivity contribution in [2.24, 2.45) is 0 Å². The Morgan fingerprint density at radius 1 is 0.846 bits per heavy atom. The van der Waals surface area contributed by atoms with Crippen molar-refractivity contribution in [2.75, 3.05) is 32.8 Å². The maximum Gasteiger partial charge on any atom is 0.243 e. The number of carbonyl (C=O) groups excluding carboxylic acids is 1. The van der Waals surface area contributed by atoms with Crippen molar-refractivity contribution < 1.29 is 26.4 Å². The first-order chi connectivity index (χ1) is 18.6. The molecule has 0 atom stereocenters. The Kier molecular flexibility index (Phi) is 9.19. The van der Waals surface area contributed by atoms with Gasteiger partial charge in [0.15, 0.2) is 0 Å². The van der Waals surface area contributed by atoms with E-state index in [1.807, 2.05) is 38.1 Å². The Morgan fingerprint density at radius 2 is 1.49 bits per heavy atom. The molecule has 0 saturated carbocycles. The molecule has 1 aliphatic heterocycles. The third kappa shape index (κ3) is 7.31. The fourth-order valence-electron chi connectivity index (χ4n) is 4.23. The van der Waals surface area contributed by atoms with Crippen LogP contribution in [0.15, 0.2) is 82.6 Å². The van der Waals surface area contributed by atoms with E-state index in [-0.39, 0.29) is 29.4 Å². The van der Waals surface area contributed by atoms with Gasteiger partial charge in [0.2, 0.25) is 26.0 Å². The molecule has 208 valence electrons. The topological polar surface area (TPSA) is 113 Å². The van der Waals surface area contributed by atoms with Crippen LogP contribution in [0.1, 0.15) is 22.3 Å². The molecule has 11 heteroatoms. The van der Waals surface area contributed by atoms with E-state index in [2.05, 4.69) is 5.32 Å². The monoisotopic (exact) mass is 571 g/mol. The number of carbonyl (C=O) groups is 1. The normalized spacial score (nSPS) is 14.8. The fraction of sp³-hybridized carbons (Fsp3) is 0.321. The molecular weight excluding hydrogens is 538 g/mol. The number of aryl methyl sites for hydroxylation is 2. The molecule has 3 aromatic carbocycles. The molecule has 1 aliphatic rings. The van der Waals surface area contributed by atoms with Gasteiger partial charge in [0.25, 0.3) is 0 Å². The Balaban J connectivity index is 1.45. The van der Waals surface area contributed by atoms with Crippen LogP contribution in [0, 0.1) is 13.8 Å². The summed E-state index contributed by atoms with van der Waals surface area (Å²) in [5.41, 5.74) is 3.39. The summed E-state index contributed by atoms with van der Waals surface area (Å²) in [5, 5.41) is 2.76. The summed E-state index contributed by atoms with van der Waals surface area (Å²) < 4.78 is 60.4. The maximum atomic E-state index is 13.5. The molecule has 1 N–H and O–H groups in total. The molecule has 1 amide bonds. The lowest BCUT2D eigenvalue weighted by molar-refractivity contribution is -0.121. The molecule has 1 saturated heterocycles. The van der Waals surface area contributed by atoms with Crippen LogP contribution in [-0.2, 0) is 42.7 Å². The van der Waals surface area contributed by atoms with Crippen LogP contribution in [0.3, 0.4) is 0 Å². The van der Waals surface area contributed by atoms with Crippen LogP contribution < -0.4 is 5.32 Å². The van der Waals surface area contributed by atoms with Crippen molar-refractivity contribution in [3.05, 3.63) is 95.1 Å². The molecule has 0 bridgehead atoms. The zero-order valence-corrected chi connectivity index (χ0v) is 23.7. The molecule has 3 aromatic rings. The number of benzene rings is 3. The number of hydrogen-bond acceptors (Lipinski definition) is 6. The standard InChI is InChI=1S/C28H33N3O6S2/c1-22-6-10-26(11-7-22)39(35,36)31(20-25-5-3-4-23(2)18-25)21-28(32)29-19-24-8-12-27(13-9-24)38(33,34)30-14-16-37-17-15-30/h3-13,18H,14-17,19-21H2,1-2H3,(H,29,32). The number of rotatable bonds is 10. The number of nitrogens with one attached hydrogen (secondary N) is 1. The molecule has 39 heavy (non-hydrogen) atoms. The van der Waals surface area contributed by atoms with Gasteiger partial charge in [-0.1, -0.05) is 59.7 Å². The van der Waals surface area contributed by atoms with E-state index >= 15 is 0 Å². The first-order valence-corrected chi connectivity index (χ1v) is 15.5. The molecule has 0 spiro atoms. The summed E-state index contributed by atoms with van der Waals surface area (Å²) in [4.78, 5) is 13.2. The summed E-state index contributed by atoms with van der Waals surface area (Å²) in [7, 11) is -7.56. The largest absolute Gasteiger partial charge is 0.379 e. The second-order valence-corrected chi connectivity index (χ2v) is 13.4. The van der Waals surface area contributed by atoms with Gasteiger partial charge in [-0.2, -0.15) is 8.61 Å². The van der Waals surface area contributed by atoms with Crippen molar-refractivity contribution in [2.45, 2.75) is 36.7 Å². The first kappa shape index (κ1) is 28.9. The zero-order valence-electron chi connectivity index (χ0n) is 22.0. The Hall–Kier alpha value is -3.09. The number of amides is 1. The Morgan fingerprint density at radius 3 is 2.13 bits per heavy atom. The number of ether oxygens (including phenoxy) is 1. The third-order valence-corrected chi connectivity index (χ3v) is 10.2. The van der Waals surface area contributed by atoms with Crippen molar-refractivity contribution >= 4 is 26.0 Å². The van der Waals surface area contributed by atoms with E-state index in [0.29, 0.717) is 31.9 Å². The number of morpholine rings is 1. The minimum absolute atomic E-state index is 0.0411. The molecule has 0 unspecified atom stereocenters. The third-order valence-electron chi connectivity index (χ3n) is 6.44. The highest BCUT2D eigenvalue weighted by Crippen LogP contribution is 2.20. The van der Waals surface area contributed by atoms with Crippen molar-refractivity contribution in [3.63, 3.8) is 0 Å². The lowest BCUT2D eigenvalue weighted by atomic mass is 10.1. The highest BCUT2D eigenvalue weighted by molar-refractivity contribution is 7.89. The van der Waals surface area contributed by atoms with Crippen LogP contribution in [0.4, 0.5) is 0 Å². The van der Waals surface area contributed by atoms with E-state index in [4.69, 9.17) is 4.74 Å². The molecule has 9 nitrogen and oxygen atoms in total.